The summed E-state index contributed by atoms with van der Waals surface area (Å²) in [4.78, 5) is 4.35. The predicted molar refractivity (Wildman–Crippen MR) is 97.8 cm³/mol. The monoisotopic (exact) mass is 330 g/mol. The van der Waals surface area contributed by atoms with Gasteiger partial charge in [-0.2, -0.15) is 0 Å². The summed E-state index contributed by atoms with van der Waals surface area (Å²) >= 11 is 1.37. The van der Waals surface area contributed by atoms with E-state index in [1.165, 1.54) is 11.3 Å². The number of aliphatic hydroxyl groups excluding tert-OH is 1. The Hall–Kier alpha value is -2.11. The number of benzene rings is 1. The van der Waals surface area contributed by atoms with Gasteiger partial charge in [0, 0.05) is 5.56 Å². The van der Waals surface area contributed by atoms with Gasteiger partial charge < -0.3 is 15.6 Å². The fourth-order valence-electron chi connectivity index (χ4n) is 2.61. The SMILES string of the molecule is C=C/C(=C(\C=C)C(O)c1cc(OC)cc2sc(N)nc12)C(C)C. The van der Waals surface area contributed by atoms with Crippen LogP contribution >= 0.6 is 11.3 Å². The van der Waals surface area contributed by atoms with Gasteiger partial charge in [-0.15, -0.1) is 0 Å². The van der Waals surface area contributed by atoms with E-state index in [0.29, 0.717) is 22.0 Å². The highest BCUT2D eigenvalue weighted by Gasteiger charge is 2.21. The topological polar surface area (TPSA) is 68.4 Å². The maximum atomic E-state index is 10.9. The second-order valence-electron chi connectivity index (χ2n) is 5.49. The molecule has 0 radical (unpaired) electrons. The molecule has 122 valence electrons. The molecule has 0 bridgehead atoms. The third-order valence-electron chi connectivity index (χ3n) is 3.73. The van der Waals surface area contributed by atoms with Gasteiger partial charge in [0.1, 0.15) is 11.9 Å². The number of hydrogen-bond donors (Lipinski definition) is 2. The molecule has 5 heteroatoms. The number of rotatable bonds is 6. The lowest BCUT2D eigenvalue weighted by Gasteiger charge is -2.19. The van der Waals surface area contributed by atoms with Gasteiger partial charge in [0.15, 0.2) is 5.13 Å². The van der Waals surface area contributed by atoms with Gasteiger partial charge in [-0.3, -0.25) is 0 Å². The Labute approximate surface area is 140 Å². The van der Waals surface area contributed by atoms with E-state index in [0.717, 1.165) is 15.8 Å². The van der Waals surface area contributed by atoms with Gasteiger partial charge in [0.2, 0.25) is 0 Å². The first kappa shape index (κ1) is 17.2. The van der Waals surface area contributed by atoms with E-state index in [2.05, 4.69) is 32.0 Å². The Morgan fingerprint density at radius 3 is 2.48 bits per heavy atom. The summed E-state index contributed by atoms with van der Waals surface area (Å²) < 4.78 is 6.21. The summed E-state index contributed by atoms with van der Waals surface area (Å²) in [6.45, 7) is 11.8. The highest BCUT2D eigenvalue weighted by molar-refractivity contribution is 7.22. The van der Waals surface area contributed by atoms with Crippen molar-refractivity contribution in [2.75, 3.05) is 12.8 Å². The van der Waals surface area contributed by atoms with Crippen molar-refractivity contribution in [2.24, 2.45) is 5.92 Å². The molecule has 0 saturated heterocycles. The van der Waals surface area contributed by atoms with Crippen molar-refractivity contribution in [2.45, 2.75) is 20.0 Å². The third-order valence-corrected chi connectivity index (χ3v) is 4.57. The molecule has 0 amide bonds. The first-order chi connectivity index (χ1) is 10.9. The normalized spacial score (nSPS) is 13.8. The van der Waals surface area contributed by atoms with E-state index in [4.69, 9.17) is 10.5 Å². The van der Waals surface area contributed by atoms with Crippen molar-refractivity contribution in [3.63, 3.8) is 0 Å². The van der Waals surface area contributed by atoms with Crippen LogP contribution in [0.5, 0.6) is 5.75 Å². The van der Waals surface area contributed by atoms with E-state index < -0.39 is 6.10 Å². The number of nitrogens with zero attached hydrogens (tertiary/aromatic N) is 1. The summed E-state index contributed by atoms with van der Waals surface area (Å²) in [6.07, 6.45) is 2.56. The molecular formula is C18H22N2O2S. The van der Waals surface area contributed by atoms with Gasteiger partial charge in [0.05, 0.1) is 17.3 Å². The average Bonchev–Trinajstić information content (AvgIpc) is 2.90. The number of thiazole rings is 1. The number of anilines is 1. The number of allylic oxidation sites excluding steroid dienone is 2. The molecule has 1 aromatic carbocycles. The van der Waals surface area contributed by atoms with Crippen LogP contribution in [-0.4, -0.2) is 17.2 Å². The minimum atomic E-state index is -0.873. The van der Waals surface area contributed by atoms with Crippen LogP contribution in [0.3, 0.4) is 0 Å². The molecule has 0 aliphatic heterocycles. The van der Waals surface area contributed by atoms with E-state index in [9.17, 15) is 5.11 Å². The molecule has 0 saturated carbocycles. The number of aromatic nitrogens is 1. The molecule has 1 atom stereocenters. The van der Waals surface area contributed by atoms with Crippen LogP contribution in [0.2, 0.25) is 0 Å². The van der Waals surface area contributed by atoms with Crippen LogP contribution < -0.4 is 10.5 Å². The summed E-state index contributed by atoms with van der Waals surface area (Å²) in [7, 11) is 1.59. The maximum absolute atomic E-state index is 10.9. The quantitative estimate of drug-likeness (QED) is 0.777. The van der Waals surface area contributed by atoms with Crippen molar-refractivity contribution in [1.29, 1.82) is 0 Å². The van der Waals surface area contributed by atoms with E-state index in [-0.39, 0.29) is 5.92 Å². The second-order valence-corrected chi connectivity index (χ2v) is 6.55. The van der Waals surface area contributed by atoms with Gasteiger partial charge in [0.25, 0.3) is 0 Å². The zero-order valence-electron chi connectivity index (χ0n) is 13.7. The second kappa shape index (κ2) is 6.98. The number of methoxy groups -OCH3 is 1. The smallest absolute Gasteiger partial charge is 0.181 e. The number of hydrogen-bond acceptors (Lipinski definition) is 5. The summed E-state index contributed by atoms with van der Waals surface area (Å²) in [6, 6.07) is 3.66. The Kier molecular flexibility index (Phi) is 5.23. The van der Waals surface area contributed by atoms with Crippen LogP contribution in [0.25, 0.3) is 10.2 Å². The Bertz CT molecular complexity index is 775. The molecule has 0 aliphatic rings. The third kappa shape index (κ3) is 3.30. The summed E-state index contributed by atoms with van der Waals surface area (Å²) in [5.41, 5.74) is 8.84. The molecule has 0 aliphatic carbocycles. The minimum Gasteiger partial charge on any atom is -0.497 e. The zero-order valence-corrected chi connectivity index (χ0v) is 14.5. The first-order valence-corrected chi connectivity index (χ1v) is 8.15. The fraction of sp³-hybridized carbons (Fsp3) is 0.278. The van der Waals surface area contributed by atoms with Crippen molar-refractivity contribution in [3.8, 4) is 5.75 Å². The molecule has 1 unspecified atom stereocenters. The number of ether oxygens (including phenoxy) is 1. The molecule has 0 fully saturated rings. The molecule has 23 heavy (non-hydrogen) atoms. The van der Waals surface area contributed by atoms with Crippen molar-refractivity contribution in [3.05, 3.63) is 54.2 Å². The average molecular weight is 330 g/mol. The molecule has 1 aromatic heterocycles. The standard InChI is InChI=1S/C18H22N2O2S/c1-6-12(10(3)4)13(7-2)17(21)14-8-11(22-5)9-15-16(14)20-18(19)23-15/h6-10,17,21H,1-2H2,3-5H3,(H2,19,20)/b13-12-. The van der Waals surface area contributed by atoms with Crippen LogP contribution in [0.4, 0.5) is 5.13 Å². The highest BCUT2D eigenvalue weighted by atomic mass is 32.1. The lowest BCUT2D eigenvalue weighted by molar-refractivity contribution is 0.219. The number of aliphatic hydroxyl groups is 1. The van der Waals surface area contributed by atoms with Gasteiger partial charge >= 0.3 is 0 Å². The Morgan fingerprint density at radius 1 is 1.30 bits per heavy atom. The van der Waals surface area contributed by atoms with Crippen LogP contribution in [0.15, 0.2) is 48.6 Å². The minimum absolute atomic E-state index is 0.219. The molecule has 3 N–H and O–H groups in total. The summed E-state index contributed by atoms with van der Waals surface area (Å²) in [5, 5.41) is 11.4. The van der Waals surface area contributed by atoms with Gasteiger partial charge in [-0.25, -0.2) is 4.98 Å². The molecular weight excluding hydrogens is 308 g/mol. The van der Waals surface area contributed by atoms with E-state index >= 15 is 0 Å². The van der Waals surface area contributed by atoms with Crippen LogP contribution in [0, 0.1) is 5.92 Å². The Balaban J connectivity index is 2.70. The van der Waals surface area contributed by atoms with Crippen molar-refractivity contribution < 1.29 is 9.84 Å². The molecule has 2 aromatic rings. The first-order valence-electron chi connectivity index (χ1n) is 7.33. The molecule has 2 rings (SSSR count). The molecule has 4 nitrogen and oxygen atoms in total. The highest BCUT2D eigenvalue weighted by Crippen LogP contribution is 2.37. The van der Waals surface area contributed by atoms with Crippen LogP contribution in [-0.2, 0) is 0 Å². The maximum Gasteiger partial charge on any atom is 0.181 e. The van der Waals surface area contributed by atoms with E-state index in [1.54, 1.807) is 25.3 Å². The zero-order chi connectivity index (χ0) is 17.1. The van der Waals surface area contributed by atoms with Crippen LogP contribution in [0.1, 0.15) is 25.5 Å². The number of fused-ring (bicyclic) bond motifs is 1. The predicted octanol–water partition coefficient (Wildman–Crippen LogP) is 4.25. The fourth-order valence-corrected chi connectivity index (χ4v) is 3.41. The summed E-state index contributed by atoms with van der Waals surface area (Å²) in [5.74, 6) is 0.875. The lowest BCUT2D eigenvalue weighted by atomic mass is 9.90. The largest absolute Gasteiger partial charge is 0.497 e. The van der Waals surface area contributed by atoms with E-state index in [1.807, 2.05) is 6.07 Å². The number of nitrogen functional groups attached to an aromatic ring is 1. The van der Waals surface area contributed by atoms with Gasteiger partial charge in [-0.05, 0) is 29.2 Å². The molecule has 1 heterocycles. The number of nitrogens with two attached hydrogens (primary N) is 1. The lowest BCUT2D eigenvalue weighted by Crippen LogP contribution is -2.07. The van der Waals surface area contributed by atoms with Crippen molar-refractivity contribution in [1.82, 2.24) is 4.98 Å². The van der Waals surface area contributed by atoms with Crippen molar-refractivity contribution >= 4 is 26.7 Å². The van der Waals surface area contributed by atoms with Gasteiger partial charge in [-0.1, -0.05) is 50.5 Å². The Morgan fingerprint density at radius 2 is 1.96 bits per heavy atom. The molecule has 0 spiro atoms.